The van der Waals surface area contributed by atoms with E-state index < -0.39 is 5.41 Å². The van der Waals surface area contributed by atoms with Crippen molar-refractivity contribution in [3.63, 3.8) is 0 Å². The van der Waals surface area contributed by atoms with E-state index in [2.05, 4.69) is 305 Å². The number of benzene rings is 13. The minimum absolute atomic E-state index is 0.153. The fourth-order valence-electron chi connectivity index (χ4n) is 16.7. The molecule has 470 valence electrons. The van der Waals surface area contributed by atoms with Crippen LogP contribution in [0.5, 0.6) is 0 Å². The molecule has 8 heteroatoms. The Hall–Kier alpha value is -12.1. The Balaban J connectivity index is 0.968. The maximum atomic E-state index is 10.6. The van der Waals surface area contributed by atoms with E-state index in [1.807, 2.05) is 30.3 Å². The van der Waals surface area contributed by atoms with E-state index in [4.69, 9.17) is 15.4 Å². The first-order valence-electron chi connectivity index (χ1n) is 34.2. The lowest BCUT2D eigenvalue weighted by Gasteiger charge is -2.46. The number of fused-ring (bicyclic) bond motifs is 16. The molecule has 4 aromatic heterocycles. The number of hydrogen-bond acceptors (Lipinski definition) is 4. The third kappa shape index (κ3) is 8.68. The second kappa shape index (κ2) is 21.0. The Morgan fingerprint density at radius 1 is 0.414 bits per heavy atom. The number of anilines is 3. The third-order valence-electron chi connectivity index (χ3n) is 21.7. The molecule has 19 rings (SSSR count). The molecule has 0 aliphatic carbocycles. The number of nitrogens with zero attached hydrogens (tertiary/aromatic N) is 5. The number of aromatic nitrogens is 2. The maximum absolute atomic E-state index is 10.6. The third-order valence-corrected chi connectivity index (χ3v) is 21.7. The Labute approximate surface area is 574 Å². The quantitative estimate of drug-likeness (QED) is 0.123. The molecule has 0 bridgehead atoms. The van der Waals surface area contributed by atoms with Gasteiger partial charge < -0.3 is 22.9 Å². The smallest absolute Gasteiger partial charge is 0.247 e. The molecule has 6 heterocycles. The average molecular weight is 1270 g/mol. The van der Waals surface area contributed by atoms with Crippen molar-refractivity contribution in [3.8, 4) is 50.8 Å². The van der Waals surface area contributed by atoms with Gasteiger partial charge in [0.05, 0.1) is 40.4 Å². The van der Waals surface area contributed by atoms with Crippen LogP contribution >= 0.6 is 0 Å². The molecule has 0 spiro atoms. The van der Waals surface area contributed by atoms with Crippen molar-refractivity contribution < 1.29 is 8.83 Å². The van der Waals surface area contributed by atoms with Gasteiger partial charge in [0.1, 0.15) is 22.3 Å². The summed E-state index contributed by atoms with van der Waals surface area (Å²) < 4.78 is 17.9. The molecule has 0 saturated heterocycles. The number of furan rings is 2. The van der Waals surface area contributed by atoms with Gasteiger partial charge in [-0.15, -0.1) is 0 Å². The minimum atomic E-state index is -0.579. The first-order chi connectivity index (χ1) is 48.0. The van der Waals surface area contributed by atoms with Crippen LogP contribution in [-0.4, -0.2) is 15.8 Å². The molecular weight excluding hydrogens is 1210 g/mol. The largest absolute Gasteiger partial charge is 0.456 e. The molecule has 2 aliphatic heterocycles. The molecule has 0 fully saturated rings. The zero-order valence-corrected chi connectivity index (χ0v) is 56.4. The molecule has 17 aromatic rings. The summed E-state index contributed by atoms with van der Waals surface area (Å²) in [4.78, 5) is 6.60. The van der Waals surface area contributed by atoms with Crippen molar-refractivity contribution >= 4 is 133 Å². The van der Waals surface area contributed by atoms with Crippen LogP contribution in [0.2, 0.25) is 0 Å². The lowest BCUT2D eigenvalue weighted by Crippen LogP contribution is -2.64. The summed E-state index contributed by atoms with van der Waals surface area (Å²) in [5, 5.41) is 19.3. The monoisotopic (exact) mass is 1270 g/mol. The Morgan fingerprint density at radius 2 is 0.929 bits per heavy atom. The molecule has 0 unspecified atom stereocenters. The van der Waals surface area contributed by atoms with E-state index in [0.717, 1.165) is 144 Å². The van der Waals surface area contributed by atoms with Crippen molar-refractivity contribution in [1.29, 1.82) is 5.26 Å². The van der Waals surface area contributed by atoms with Crippen molar-refractivity contribution in [1.82, 2.24) is 9.13 Å². The maximum Gasteiger partial charge on any atom is 0.247 e. The number of nitriles is 1. The van der Waals surface area contributed by atoms with Gasteiger partial charge in [-0.05, 0) is 163 Å². The number of para-hydroxylation sites is 5. The first-order valence-corrected chi connectivity index (χ1v) is 34.2. The fraction of sp³-hybridized carbons (Fsp3) is 0.121. The Morgan fingerprint density at radius 3 is 1.52 bits per heavy atom. The summed E-state index contributed by atoms with van der Waals surface area (Å²) in [5.74, 6) is 0. The molecular formula is C91H66BN5O2. The van der Waals surface area contributed by atoms with Crippen LogP contribution < -0.4 is 21.3 Å². The molecule has 7 nitrogen and oxygen atoms in total. The van der Waals surface area contributed by atoms with E-state index in [0.29, 0.717) is 11.3 Å². The zero-order chi connectivity index (χ0) is 67.1. The highest BCUT2D eigenvalue weighted by Gasteiger charge is 2.48. The van der Waals surface area contributed by atoms with Gasteiger partial charge in [0.2, 0.25) is 6.71 Å². The van der Waals surface area contributed by atoms with Crippen molar-refractivity contribution in [3.05, 3.63) is 294 Å². The molecule has 0 radical (unpaired) electrons. The van der Waals surface area contributed by atoms with Crippen LogP contribution in [0.1, 0.15) is 83.2 Å². The topological polar surface area (TPSA) is 67.5 Å². The average Bonchev–Trinajstić information content (AvgIpc) is 1.13. The predicted molar refractivity (Wildman–Crippen MR) is 412 cm³/mol. The number of hydrogen-bond donors (Lipinski definition) is 0. The van der Waals surface area contributed by atoms with Gasteiger partial charge in [-0.2, -0.15) is 5.26 Å². The Kier molecular flexibility index (Phi) is 12.3. The summed E-state index contributed by atoms with van der Waals surface area (Å²) in [5.41, 5.74) is 28.2. The predicted octanol–water partition coefficient (Wildman–Crippen LogP) is 22.6. The van der Waals surface area contributed by atoms with Gasteiger partial charge in [-0.3, -0.25) is 0 Å². The van der Waals surface area contributed by atoms with E-state index >= 15 is 0 Å². The zero-order valence-electron chi connectivity index (χ0n) is 56.4. The lowest BCUT2D eigenvalue weighted by atomic mass is 9.30. The van der Waals surface area contributed by atoms with E-state index in [-0.39, 0.29) is 17.5 Å². The highest BCUT2D eigenvalue weighted by Crippen LogP contribution is 2.53. The minimum Gasteiger partial charge on any atom is -0.456 e. The van der Waals surface area contributed by atoms with Crippen molar-refractivity contribution in [2.75, 3.05) is 4.90 Å². The molecule has 0 N–H and O–H groups in total. The summed E-state index contributed by atoms with van der Waals surface area (Å²) in [6.45, 7) is 26.8. The highest BCUT2D eigenvalue weighted by atomic mass is 16.3. The van der Waals surface area contributed by atoms with E-state index in [1.54, 1.807) is 0 Å². The normalized spacial score (nSPS) is 13.5. The second-order valence-corrected chi connectivity index (χ2v) is 29.8. The summed E-state index contributed by atoms with van der Waals surface area (Å²) in [7, 11) is 0. The summed E-state index contributed by atoms with van der Waals surface area (Å²) in [6.07, 6.45) is 0. The van der Waals surface area contributed by atoms with Crippen molar-refractivity contribution in [2.24, 2.45) is 0 Å². The summed E-state index contributed by atoms with van der Waals surface area (Å²) in [6, 6.07) is 95.7. The molecule has 99 heavy (non-hydrogen) atoms. The molecule has 13 aromatic carbocycles. The molecule has 2 aliphatic rings. The number of rotatable bonds is 6. The van der Waals surface area contributed by atoms with Crippen LogP contribution in [0.15, 0.2) is 264 Å². The highest BCUT2D eigenvalue weighted by molar-refractivity contribution is 6.99. The fourth-order valence-corrected chi connectivity index (χ4v) is 16.7. The molecule has 0 saturated carbocycles. The van der Waals surface area contributed by atoms with Gasteiger partial charge in [0.15, 0.2) is 5.69 Å². The van der Waals surface area contributed by atoms with Gasteiger partial charge >= 0.3 is 0 Å². The van der Waals surface area contributed by atoms with Crippen molar-refractivity contribution in [2.45, 2.75) is 71.6 Å². The standard InChI is InChI=1S/C91H66BN5O2/c1-89(2,3)58-42-56(43-59(48-58)90(4,5)6)57-46-74-87-82(47-57)97(88-63(54-30-39-85-71(44-54)69-21-12-16-27-83(69)98-85)23-18-24-64(88)55-31-40-86-72(45-55)70-22-13-17-28-84(70)99-86)81-51-62(96-78-26-15-10-19-65(78)67-35-29-53(52-93)41-79(67)96)34-38-76(81)92(87)75-37-33-61(50-73(75)91(74,7)8)95-77-25-14-11-20-66(77)68-36-32-60(94-9)49-80(68)95/h10-51H,1-8H3. The first kappa shape index (κ1) is 58.3. The summed E-state index contributed by atoms with van der Waals surface area (Å²) >= 11 is 0. The SMILES string of the molecule is [C-]#[N+]c1ccc2c3ccccc3n(-c3ccc4c(c3)C(C)(C)c3cc(-c5cc(C(C)(C)C)cc(C(C)(C)C)c5)cc5c3B4c3ccc(-n4c6ccccc6c6ccc(C#N)cc64)cc3N5c3c(-c4ccc5oc6ccccc6c5c4)cccc3-c3ccc4oc5ccccc5c4c3)c2c1. The molecule has 0 atom stereocenters. The molecule has 0 amide bonds. The Bertz CT molecular complexity index is 6310. The van der Waals surface area contributed by atoms with Gasteiger partial charge in [-0.25, -0.2) is 4.85 Å². The van der Waals surface area contributed by atoms with Crippen LogP contribution in [-0.2, 0) is 16.2 Å². The van der Waals surface area contributed by atoms with Crippen LogP contribution in [0.4, 0.5) is 22.7 Å². The van der Waals surface area contributed by atoms with Crippen LogP contribution in [0, 0.1) is 17.9 Å². The van der Waals surface area contributed by atoms with E-state index in [1.165, 1.54) is 44.2 Å². The lowest BCUT2D eigenvalue weighted by molar-refractivity contribution is 0.569. The van der Waals surface area contributed by atoms with E-state index in [9.17, 15) is 5.26 Å². The van der Waals surface area contributed by atoms with Gasteiger partial charge in [0.25, 0.3) is 0 Å². The van der Waals surface area contributed by atoms with Gasteiger partial charge in [0, 0.05) is 87.9 Å². The van der Waals surface area contributed by atoms with Crippen LogP contribution in [0.25, 0.3) is 137 Å². The van der Waals surface area contributed by atoms with Crippen LogP contribution in [0.3, 0.4) is 0 Å². The second-order valence-electron chi connectivity index (χ2n) is 29.8. The van der Waals surface area contributed by atoms with Gasteiger partial charge in [-0.1, -0.05) is 219 Å².